The minimum absolute atomic E-state index is 0.0496. The number of benzene rings is 1. The predicted molar refractivity (Wildman–Crippen MR) is 55.1 cm³/mol. The Morgan fingerprint density at radius 2 is 2.00 bits per heavy atom. The van der Waals surface area contributed by atoms with Gasteiger partial charge in [-0.2, -0.15) is 0 Å². The largest absolute Gasteiger partial charge is 0.392 e. The van der Waals surface area contributed by atoms with E-state index >= 15 is 0 Å². The molecule has 0 aromatic heterocycles. The van der Waals surface area contributed by atoms with Crippen LogP contribution in [-0.2, 0) is 6.61 Å². The summed E-state index contributed by atoms with van der Waals surface area (Å²) in [5, 5.41) is 9.96. The minimum atomic E-state index is -0.0496. The molecule has 0 fully saturated rings. The molecule has 0 aliphatic heterocycles. The quantitative estimate of drug-likeness (QED) is 0.624. The molecule has 1 aromatic carbocycles. The second-order valence-corrected chi connectivity index (χ2v) is 3.86. The van der Waals surface area contributed by atoms with Crippen LogP contribution < -0.4 is 0 Å². The highest BCUT2D eigenvalue weighted by Crippen LogP contribution is 2.29. The van der Waals surface area contributed by atoms with Crippen molar-refractivity contribution in [2.75, 3.05) is 0 Å². The van der Waals surface area contributed by atoms with E-state index in [-0.39, 0.29) is 6.61 Å². The van der Waals surface area contributed by atoms with E-state index in [4.69, 9.17) is 28.3 Å². The molecule has 4 heteroatoms. The van der Waals surface area contributed by atoms with Crippen molar-refractivity contribution in [3.05, 3.63) is 31.3 Å². The molecule has 1 aromatic rings. The fourth-order valence-electron chi connectivity index (χ4n) is 0.688. The average molecular weight is 303 g/mol. The number of aliphatic hydroxyl groups is 1. The third-order valence-corrected chi connectivity index (χ3v) is 3.79. The second kappa shape index (κ2) is 3.94. The zero-order chi connectivity index (χ0) is 8.43. The van der Waals surface area contributed by atoms with Crippen LogP contribution in [0.25, 0.3) is 0 Å². The van der Waals surface area contributed by atoms with E-state index < -0.39 is 0 Å². The van der Waals surface area contributed by atoms with Crippen LogP contribution in [0.3, 0.4) is 0 Å². The van der Waals surface area contributed by atoms with Crippen LogP contribution in [0, 0.1) is 3.57 Å². The van der Waals surface area contributed by atoms with Gasteiger partial charge in [-0.05, 0) is 34.2 Å². The van der Waals surface area contributed by atoms with Crippen molar-refractivity contribution in [1.29, 1.82) is 0 Å². The van der Waals surface area contributed by atoms with E-state index in [0.29, 0.717) is 15.6 Å². The molecule has 0 amide bonds. The summed E-state index contributed by atoms with van der Waals surface area (Å²) in [6, 6.07) is 3.44. The SMILES string of the molecule is OCc1ccc(Cl)c(I)c1Cl. The maximum Gasteiger partial charge on any atom is 0.0696 e. The van der Waals surface area contributed by atoms with Crippen LogP contribution in [-0.4, -0.2) is 5.11 Å². The molecule has 0 bridgehead atoms. The first-order valence-corrected chi connectivity index (χ1v) is 4.73. The Kier molecular flexibility index (Phi) is 3.43. The van der Waals surface area contributed by atoms with Gasteiger partial charge in [0.25, 0.3) is 0 Å². The maximum absolute atomic E-state index is 8.80. The van der Waals surface area contributed by atoms with Crippen molar-refractivity contribution in [1.82, 2.24) is 0 Å². The first-order valence-electron chi connectivity index (χ1n) is 2.90. The van der Waals surface area contributed by atoms with Crippen LogP contribution in [0.5, 0.6) is 0 Å². The van der Waals surface area contributed by atoms with Crippen LogP contribution in [0.15, 0.2) is 12.1 Å². The van der Waals surface area contributed by atoms with Gasteiger partial charge < -0.3 is 5.11 Å². The van der Waals surface area contributed by atoms with Gasteiger partial charge in [-0.1, -0.05) is 29.3 Å². The summed E-state index contributed by atoms with van der Waals surface area (Å²) >= 11 is 13.7. The average Bonchev–Trinajstić information content (AvgIpc) is 2.01. The highest BCUT2D eigenvalue weighted by Gasteiger charge is 2.06. The molecule has 0 aliphatic carbocycles. The van der Waals surface area contributed by atoms with Gasteiger partial charge in [0.1, 0.15) is 0 Å². The third kappa shape index (κ3) is 1.99. The number of hydrogen-bond donors (Lipinski definition) is 1. The van der Waals surface area contributed by atoms with Crippen molar-refractivity contribution in [3.63, 3.8) is 0 Å². The van der Waals surface area contributed by atoms with E-state index in [1.54, 1.807) is 12.1 Å². The number of hydrogen-bond acceptors (Lipinski definition) is 1. The number of aliphatic hydroxyl groups excluding tert-OH is 1. The van der Waals surface area contributed by atoms with Crippen LogP contribution in [0.2, 0.25) is 10.0 Å². The molecule has 1 rings (SSSR count). The van der Waals surface area contributed by atoms with Gasteiger partial charge in [-0.15, -0.1) is 0 Å². The molecule has 1 N–H and O–H groups in total. The molecule has 0 saturated carbocycles. The molecule has 0 radical (unpaired) electrons. The Bertz CT molecular complexity index is 275. The molecular formula is C7H5Cl2IO. The molecule has 0 unspecified atom stereocenters. The number of halogens is 3. The normalized spacial score (nSPS) is 10.2. The summed E-state index contributed by atoms with van der Waals surface area (Å²) in [6.07, 6.45) is 0. The van der Waals surface area contributed by atoms with Crippen molar-refractivity contribution < 1.29 is 5.11 Å². The lowest BCUT2D eigenvalue weighted by Gasteiger charge is -2.03. The standard InChI is InChI=1S/C7H5Cl2IO/c8-5-2-1-4(3-11)6(9)7(5)10/h1-2,11H,3H2. The van der Waals surface area contributed by atoms with Gasteiger partial charge in [-0.25, -0.2) is 0 Å². The monoisotopic (exact) mass is 302 g/mol. The molecule has 60 valence electrons. The zero-order valence-electron chi connectivity index (χ0n) is 5.44. The van der Waals surface area contributed by atoms with E-state index in [1.807, 2.05) is 22.6 Å². The summed E-state index contributed by atoms with van der Waals surface area (Å²) in [5.74, 6) is 0. The summed E-state index contributed by atoms with van der Waals surface area (Å²) in [5.41, 5.74) is 0.709. The number of rotatable bonds is 1. The predicted octanol–water partition coefficient (Wildman–Crippen LogP) is 3.09. The highest BCUT2D eigenvalue weighted by atomic mass is 127. The van der Waals surface area contributed by atoms with Gasteiger partial charge in [0.05, 0.1) is 20.2 Å². The lowest BCUT2D eigenvalue weighted by molar-refractivity contribution is 0.282. The van der Waals surface area contributed by atoms with Crippen LogP contribution in [0.1, 0.15) is 5.56 Å². The fraction of sp³-hybridized carbons (Fsp3) is 0.143. The lowest BCUT2D eigenvalue weighted by atomic mass is 10.2. The Morgan fingerprint density at radius 1 is 1.36 bits per heavy atom. The van der Waals surface area contributed by atoms with Crippen molar-refractivity contribution in [3.8, 4) is 0 Å². The van der Waals surface area contributed by atoms with E-state index in [9.17, 15) is 0 Å². The lowest BCUT2D eigenvalue weighted by Crippen LogP contribution is -1.87. The molecule has 11 heavy (non-hydrogen) atoms. The molecular weight excluding hydrogens is 298 g/mol. The van der Waals surface area contributed by atoms with Crippen molar-refractivity contribution in [2.45, 2.75) is 6.61 Å². The van der Waals surface area contributed by atoms with Gasteiger partial charge in [0.15, 0.2) is 0 Å². The Morgan fingerprint density at radius 3 is 2.55 bits per heavy atom. The maximum atomic E-state index is 8.80. The van der Waals surface area contributed by atoms with E-state index in [0.717, 1.165) is 3.57 Å². The first kappa shape index (κ1) is 9.58. The molecule has 0 heterocycles. The summed E-state index contributed by atoms with van der Waals surface area (Å²) in [6.45, 7) is -0.0496. The van der Waals surface area contributed by atoms with Gasteiger partial charge >= 0.3 is 0 Å². The Labute approximate surface area is 88.5 Å². The molecule has 0 spiro atoms. The van der Waals surface area contributed by atoms with Crippen LogP contribution in [0.4, 0.5) is 0 Å². The smallest absolute Gasteiger partial charge is 0.0696 e. The molecule has 0 atom stereocenters. The van der Waals surface area contributed by atoms with Crippen LogP contribution >= 0.6 is 45.8 Å². The minimum Gasteiger partial charge on any atom is -0.392 e. The summed E-state index contributed by atoms with van der Waals surface area (Å²) < 4.78 is 0.789. The summed E-state index contributed by atoms with van der Waals surface area (Å²) in [4.78, 5) is 0. The van der Waals surface area contributed by atoms with E-state index in [1.165, 1.54) is 0 Å². The topological polar surface area (TPSA) is 20.2 Å². The summed E-state index contributed by atoms with van der Waals surface area (Å²) in [7, 11) is 0. The molecule has 0 saturated heterocycles. The van der Waals surface area contributed by atoms with Gasteiger partial charge in [0.2, 0.25) is 0 Å². The van der Waals surface area contributed by atoms with Gasteiger partial charge in [0, 0.05) is 0 Å². The van der Waals surface area contributed by atoms with Crippen molar-refractivity contribution in [2.24, 2.45) is 0 Å². The second-order valence-electron chi connectivity index (χ2n) is 1.99. The zero-order valence-corrected chi connectivity index (χ0v) is 9.11. The third-order valence-electron chi connectivity index (χ3n) is 1.29. The van der Waals surface area contributed by atoms with E-state index in [2.05, 4.69) is 0 Å². The van der Waals surface area contributed by atoms with Crippen molar-refractivity contribution >= 4 is 45.8 Å². The Hall–Kier alpha value is 0.490. The van der Waals surface area contributed by atoms with Gasteiger partial charge in [-0.3, -0.25) is 0 Å². The highest BCUT2D eigenvalue weighted by molar-refractivity contribution is 14.1. The molecule has 1 nitrogen and oxygen atoms in total. The Balaban J connectivity index is 3.25. The first-order chi connectivity index (χ1) is 5.16. The molecule has 0 aliphatic rings. The fourth-order valence-corrected chi connectivity index (χ4v) is 1.64.